The molecule has 0 spiro atoms. The third-order valence-electron chi connectivity index (χ3n) is 2.11. The number of aldehydes is 1. The molecule has 0 bridgehead atoms. The molecular formula is C10H7ClO2S. The van der Waals surface area contributed by atoms with Gasteiger partial charge in [0, 0.05) is 16.8 Å². The summed E-state index contributed by atoms with van der Waals surface area (Å²) in [5.74, 6) is 0.421. The van der Waals surface area contributed by atoms with E-state index in [1.165, 1.54) is 11.3 Å². The van der Waals surface area contributed by atoms with Crippen LogP contribution < -0.4 is 0 Å². The Labute approximate surface area is 89.7 Å². The van der Waals surface area contributed by atoms with Crippen molar-refractivity contribution >= 4 is 39.3 Å². The molecule has 2 nitrogen and oxygen atoms in total. The van der Waals surface area contributed by atoms with Crippen LogP contribution in [-0.2, 0) is 5.88 Å². The highest BCUT2D eigenvalue weighted by Crippen LogP contribution is 2.34. The van der Waals surface area contributed by atoms with E-state index < -0.39 is 0 Å². The Morgan fingerprint density at radius 2 is 2.36 bits per heavy atom. The first-order chi connectivity index (χ1) is 6.77. The number of hydrogen-bond donors (Lipinski definition) is 1. The largest absolute Gasteiger partial charge is 0.506 e. The van der Waals surface area contributed by atoms with E-state index in [0.717, 1.165) is 16.4 Å². The molecule has 0 saturated carbocycles. The highest BCUT2D eigenvalue weighted by Gasteiger charge is 2.11. The van der Waals surface area contributed by atoms with Crippen LogP contribution >= 0.6 is 22.9 Å². The van der Waals surface area contributed by atoms with Gasteiger partial charge in [0.1, 0.15) is 5.75 Å². The zero-order chi connectivity index (χ0) is 10.1. The number of fused-ring (bicyclic) bond motifs is 1. The van der Waals surface area contributed by atoms with Crippen LogP contribution in [-0.4, -0.2) is 11.4 Å². The van der Waals surface area contributed by atoms with E-state index in [9.17, 15) is 9.90 Å². The highest BCUT2D eigenvalue weighted by molar-refractivity contribution is 7.17. The molecule has 0 unspecified atom stereocenters. The first-order valence-electron chi connectivity index (χ1n) is 4.01. The monoisotopic (exact) mass is 226 g/mol. The van der Waals surface area contributed by atoms with Gasteiger partial charge in [-0.3, -0.25) is 4.79 Å². The van der Waals surface area contributed by atoms with Gasteiger partial charge in [0.15, 0.2) is 6.29 Å². The van der Waals surface area contributed by atoms with Crippen LogP contribution in [0, 0.1) is 0 Å². The van der Waals surface area contributed by atoms with Crippen LogP contribution in [0.4, 0.5) is 0 Å². The second-order valence-corrected chi connectivity index (χ2v) is 4.07. The maximum Gasteiger partial charge on any atom is 0.151 e. The molecule has 72 valence electrons. The first kappa shape index (κ1) is 9.49. The van der Waals surface area contributed by atoms with Gasteiger partial charge in [-0.15, -0.1) is 22.9 Å². The van der Waals surface area contributed by atoms with E-state index in [2.05, 4.69) is 0 Å². The van der Waals surface area contributed by atoms with Crippen molar-refractivity contribution in [3.63, 3.8) is 0 Å². The molecule has 4 heteroatoms. The number of carbonyl (C=O) groups excluding carboxylic acids is 1. The Balaban J connectivity index is 2.88. The number of thiophene rings is 1. The molecule has 1 aromatic heterocycles. The number of benzene rings is 1. The van der Waals surface area contributed by atoms with Crippen molar-refractivity contribution in [2.75, 3.05) is 0 Å². The van der Waals surface area contributed by atoms with Crippen LogP contribution in [0.1, 0.15) is 15.9 Å². The number of phenols is 1. The van der Waals surface area contributed by atoms with E-state index >= 15 is 0 Å². The molecule has 1 heterocycles. The predicted molar refractivity (Wildman–Crippen MR) is 58.4 cm³/mol. The minimum atomic E-state index is 0.191. The average molecular weight is 227 g/mol. The number of aromatic hydroxyl groups is 1. The lowest BCUT2D eigenvalue weighted by atomic mass is 10.1. The second kappa shape index (κ2) is 3.59. The molecule has 0 amide bonds. The summed E-state index contributed by atoms with van der Waals surface area (Å²) >= 11 is 7.09. The van der Waals surface area contributed by atoms with Crippen molar-refractivity contribution < 1.29 is 9.90 Å². The number of hydrogen-bond acceptors (Lipinski definition) is 3. The SMILES string of the molecule is O=Cc1c(CCl)cc(O)c2sccc12. The maximum absolute atomic E-state index is 10.9. The molecule has 0 aliphatic carbocycles. The Kier molecular flexibility index (Phi) is 2.44. The van der Waals surface area contributed by atoms with Gasteiger partial charge in [0.25, 0.3) is 0 Å². The van der Waals surface area contributed by atoms with E-state index in [1.807, 2.05) is 11.4 Å². The van der Waals surface area contributed by atoms with Crippen LogP contribution in [0.5, 0.6) is 5.75 Å². The van der Waals surface area contributed by atoms with Gasteiger partial charge < -0.3 is 5.11 Å². The van der Waals surface area contributed by atoms with Crippen molar-refractivity contribution in [2.45, 2.75) is 5.88 Å². The zero-order valence-electron chi connectivity index (χ0n) is 7.16. The summed E-state index contributed by atoms with van der Waals surface area (Å²) in [5, 5.41) is 12.2. The van der Waals surface area contributed by atoms with Gasteiger partial charge in [0.2, 0.25) is 0 Å². The van der Waals surface area contributed by atoms with Gasteiger partial charge in [-0.1, -0.05) is 0 Å². The molecule has 0 fully saturated rings. The Morgan fingerprint density at radius 3 is 3.00 bits per heavy atom. The van der Waals surface area contributed by atoms with E-state index in [-0.39, 0.29) is 11.6 Å². The van der Waals surface area contributed by atoms with E-state index in [4.69, 9.17) is 11.6 Å². The lowest BCUT2D eigenvalue weighted by molar-refractivity contribution is 0.112. The minimum absolute atomic E-state index is 0.191. The van der Waals surface area contributed by atoms with Gasteiger partial charge in [-0.25, -0.2) is 0 Å². The normalized spacial score (nSPS) is 10.6. The number of carbonyl (C=O) groups is 1. The fourth-order valence-corrected chi connectivity index (χ4v) is 2.50. The number of alkyl halides is 1. The van der Waals surface area contributed by atoms with E-state index in [0.29, 0.717) is 11.1 Å². The van der Waals surface area contributed by atoms with Crippen molar-refractivity contribution in [1.82, 2.24) is 0 Å². The summed E-state index contributed by atoms with van der Waals surface area (Å²) in [6, 6.07) is 3.37. The summed E-state index contributed by atoms with van der Waals surface area (Å²) in [6.07, 6.45) is 0.784. The van der Waals surface area contributed by atoms with Crippen LogP contribution in [0.25, 0.3) is 10.1 Å². The molecule has 0 aliphatic heterocycles. The fourth-order valence-electron chi connectivity index (χ4n) is 1.45. The summed E-state index contributed by atoms with van der Waals surface area (Å²) in [7, 11) is 0. The van der Waals surface area contributed by atoms with Crippen LogP contribution in [0.3, 0.4) is 0 Å². The molecular weight excluding hydrogens is 220 g/mol. The van der Waals surface area contributed by atoms with Crippen LogP contribution in [0.15, 0.2) is 17.5 Å². The minimum Gasteiger partial charge on any atom is -0.506 e. The number of phenolic OH excluding ortho intramolecular Hbond substituents is 1. The van der Waals surface area contributed by atoms with Gasteiger partial charge >= 0.3 is 0 Å². The van der Waals surface area contributed by atoms with Crippen LogP contribution in [0.2, 0.25) is 0 Å². The molecule has 1 aromatic carbocycles. The van der Waals surface area contributed by atoms with Crippen molar-refractivity contribution in [3.8, 4) is 5.75 Å². The fraction of sp³-hybridized carbons (Fsp3) is 0.100. The molecule has 14 heavy (non-hydrogen) atoms. The van der Waals surface area contributed by atoms with Crippen molar-refractivity contribution in [1.29, 1.82) is 0 Å². The topological polar surface area (TPSA) is 37.3 Å². The number of halogens is 1. The molecule has 0 saturated heterocycles. The lowest BCUT2D eigenvalue weighted by Crippen LogP contribution is -1.89. The Bertz CT molecular complexity index is 490. The predicted octanol–water partition coefficient (Wildman–Crippen LogP) is 3.16. The third kappa shape index (κ3) is 1.29. The Morgan fingerprint density at radius 1 is 1.57 bits per heavy atom. The molecule has 0 radical (unpaired) electrons. The first-order valence-corrected chi connectivity index (χ1v) is 5.42. The summed E-state index contributed by atoms with van der Waals surface area (Å²) in [6.45, 7) is 0. The van der Waals surface area contributed by atoms with E-state index in [1.54, 1.807) is 6.07 Å². The molecule has 0 aliphatic rings. The Hall–Kier alpha value is -1.06. The average Bonchev–Trinajstić information content (AvgIpc) is 2.66. The number of rotatable bonds is 2. The highest BCUT2D eigenvalue weighted by atomic mass is 35.5. The molecule has 1 N–H and O–H groups in total. The second-order valence-electron chi connectivity index (χ2n) is 2.88. The maximum atomic E-state index is 10.9. The van der Waals surface area contributed by atoms with Gasteiger partial charge in [0.05, 0.1) is 4.70 Å². The molecule has 2 rings (SSSR count). The van der Waals surface area contributed by atoms with Crippen molar-refractivity contribution in [3.05, 3.63) is 28.6 Å². The summed E-state index contributed by atoms with van der Waals surface area (Å²) < 4.78 is 0.737. The lowest BCUT2D eigenvalue weighted by Gasteiger charge is -2.04. The molecule has 2 aromatic rings. The van der Waals surface area contributed by atoms with Gasteiger partial charge in [-0.05, 0) is 23.1 Å². The smallest absolute Gasteiger partial charge is 0.151 e. The third-order valence-corrected chi connectivity index (χ3v) is 3.33. The summed E-state index contributed by atoms with van der Waals surface area (Å²) in [4.78, 5) is 10.9. The zero-order valence-corrected chi connectivity index (χ0v) is 8.73. The summed E-state index contributed by atoms with van der Waals surface area (Å²) in [5.41, 5.74) is 1.25. The molecule has 0 atom stereocenters. The standard InChI is InChI=1S/C10H7ClO2S/c11-4-6-3-9(13)10-7(1-2-14-10)8(6)5-12/h1-3,5,13H,4H2. The quantitative estimate of drug-likeness (QED) is 0.631. The van der Waals surface area contributed by atoms with Crippen molar-refractivity contribution in [2.24, 2.45) is 0 Å². The van der Waals surface area contributed by atoms with Gasteiger partial charge in [-0.2, -0.15) is 0 Å².